The zero-order chi connectivity index (χ0) is 21.5. The van der Waals surface area contributed by atoms with Crippen LogP contribution in [0.5, 0.6) is 0 Å². The highest BCUT2D eigenvalue weighted by Gasteiger charge is 2.33. The van der Waals surface area contributed by atoms with Gasteiger partial charge in [0.05, 0.1) is 13.5 Å². The number of esters is 1. The first-order valence-corrected chi connectivity index (χ1v) is 9.40. The maximum Gasteiger partial charge on any atom is 0.329 e. The quantitative estimate of drug-likeness (QED) is 0.600. The van der Waals surface area contributed by atoms with Gasteiger partial charge in [0.25, 0.3) is 0 Å². The minimum Gasteiger partial charge on any atom is -0.467 e. The topological polar surface area (TPSA) is 55.4 Å². The van der Waals surface area contributed by atoms with Crippen molar-refractivity contribution in [1.82, 2.24) is 5.32 Å². The van der Waals surface area contributed by atoms with Crippen LogP contribution in [0, 0.1) is 11.6 Å². The molecule has 1 amide bonds. The molecule has 0 saturated heterocycles. The van der Waals surface area contributed by atoms with Crippen molar-refractivity contribution in [3.05, 3.63) is 107 Å². The highest BCUT2D eigenvalue weighted by atomic mass is 19.1. The van der Waals surface area contributed by atoms with Gasteiger partial charge in [-0.15, -0.1) is 0 Å². The lowest BCUT2D eigenvalue weighted by atomic mass is 9.85. The molecule has 0 aliphatic heterocycles. The lowest BCUT2D eigenvalue weighted by molar-refractivity contribution is -0.145. The summed E-state index contributed by atoms with van der Waals surface area (Å²) in [4.78, 5) is 25.3. The van der Waals surface area contributed by atoms with Crippen LogP contribution in [0.4, 0.5) is 8.78 Å². The Morgan fingerprint density at radius 2 is 1.37 bits per heavy atom. The molecular formula is C24H21F2NO3. The minimum atomic E-state index is -1.02. The van der Waals surface area contributed by atoms with Gasteiger partial charge in [-0.1, -0.05) is 60.7 Å². The van der Waals surface area contributed by atoms with Gasteiger partial charge in [0.1, 0.15) is 17.7 Å². The third kappa shape index (κ3) is 5.29. The molecule has 3 aromatic carbocycles. The molecule has 3 rings (SSSR count). The van der Waals surface area contributed by atoms with Gasteiger partial charge in [0.15, 0.2) is 0 Å². The van der Waals surface area contributed by atoms with Crippen molar-refractivity contribution in [3.63, 3.8) is 0 Å². The second-order valence-corrected chi connectivity index (χ2v) is 6.82. The minimum absolute atomic E-state index is 0.171. The maximum absolute atomic E-state index is 13.4. The Kier molecular flexibility index (Phi) is 6.91. The normalized spacial score (nSPS) is 11.7. The Morgan fingerprint density at radius 1 is 0.867 bits per heavy atom. The number of halogens is 2. The van der Waals surface area contributed by atoms with Gasteiger partial charge in [0.2, 0.25) is 5.91 Å². The third-order valence-corrected chi connectivity index (χ3v) is 4.71. The SMILES string of the molecule is COC(=O)[C@@H](NC(=O)Cc1cc(F)cc(F)c1)C(c1ccccc1)c1ccccc1. The number of rotatable bonds is 7. The molecule has 6 heteroatoms. The van der Waals surface area contributed by atoms with Crippen molar-refractivity contribution >= 4 is 11.9 Å². The van der Waals surface area contributed by atoms with Gasteiger partial charge in [0, 0.05) is 12.0 Å². The first-order chi connectivity index (χ1) is 14.5. The molecule has 1 N–H and O–H groups in total. The van der Waals surface area contributed by atoms with Crippen molar-refractivity contribution < 1.29 is 23.1 Å². The number of hydrogen-bond donors (Lipinski definition) is 1. The van der Waals surface area contributed by atoms with Crippen LogP contribution in [0.3, 0.4) is 0 Å². The number of ether oxygens (including phenoxy) is 1. The van der Waals surface area contributed by atoms with Crippen molar-refractivity contribution in [2.24, 2.45) is 0 Å². The van der Waals surface area contributed by atoms with E-state index >= 15 is 0 Å². The van der Waals surface area contributed by atoms with E-state index in [2.05, 4.69) is 5.32 Å². The summed E-state index contributed by atoms with van der Waals surface area (Å²) in [7, 11) is 1.25. The summed E-state index contributed by atoms with van der Waals surface area (Å²) < 4.78 is 31.8. The number of methoxy groups -OCH3 is 1. The van der Waals surface area contributed by atoms with E-state index in [0.717, 1.165) is 29.3 Å². The fourth-order valence-electron chi connectivity index (χ4n) is 3.43. The monoisotopic (exact) mass is 409 g/mol. The fourth-order valence-corrected chi connectivity index (χ4v) is 3.43. The molecular weight excluding hydrogens is 388 g/mol. The molecule has 0 unspecified atom stereocenters. The molecule has 0 bridgehead atoms. The predicted octanol–water partition coefficient (Wildman–Crippen LogP) is 4.00. The maximum atomic E-state index is 13.4. The van der Waals surface area contributed by atoms with E-state index in [4.69, 9.17) is 4.74 Å². The van der Waals surface area contributed by atoms with E-state index in [1.54, 1.807) is 0 Å². The number of amides is 1. The lowest BCUT2D eigenvalue weighted by Gasteiger charge is -2.27. The highest BCUT2D eigenvalue weighted by molar-refractivity contribution is 5.87. The third-order valence-electron chi connectivity index (χ3n) is 4.71. The van der Waals surface area contributed by atoms with E-state index in [-0.39, 0.29) is 12.0 Å². The van der Waals surface area contributed by atoms with E-state index in [0.29, 0.717) is 0 Å². The van der Waals surface area contributed by atoms with E-state index in [1.165, 1.54) is 7.11 Å². The van der Waals surface area contributed by atoms with Gasteiger partial charge in [-0.2, -0.15) is 0 Å². The Labute approximate surface area is 173 Å². The van der Waals surface area contributed by atoms with Crippen LogP contribution in [0.1, 0.15) is 22.6 Å². The Bertz CT molecular complexity index is 950. The van der Waals surface area contributed by atoms with Gasteiger partial charge in [-0.05, 0) is 28.8 Å². The average Bonchev–Trinajstić information content (AvgIpc) is 2.73. The highest BCUT2D eigenvalue weighted by Crippen LogP contribution is 2.29. The Balaban J connectivity index is 1.92. The summed E-state index contributed by atoms with van der Waals surface area (Å²) in [6.45, 7) is 0. The lowest BCUT2D eigenvalue weighted by Crippen LogP contribution is -2.46. The van der Waals surface area contributed by atoms with Crippen molar-refractivity contribution in [1.29, 1.82) is 0 Å². The van der Waals surface area contributed by atoms with Crippen LogP contribution in [0.15, 0.2) is 78.9 Å². The first-order valence-electron chi connectivity index (χ1n) is 9.40. The second-order valence-electron chi connectivity index (χ2n) is 6.82. The summed E-state index contributed by atoms with van der Waals surface area (Å²) in [6, 6.07) is 20.4. The number of nitrogens with one attached hydrogen (secondary N) is 1. The number of hydrogen-bond acceptors (Lipinski definition) is 3. The molecule has 0 saturated carbocycles. The number of carbonyl (C=O) groups is 2. The van der Waals surface area contributed by atoms with Gasteiger partial charge in [-0.25, -0.2) is 13.6 Å². The van der Waals surface area contributed by atoms with Crippen molar-refractivity contribution in [2.75, 3.05) is 7.11 Å². The van der Waals surface area contributed by atoms with Crippen LogP contribution in [-0.4, -0.2) is 25.0 Å². The average molecular weight is 409 g/mol. The van der Waals surface area contributed by atoms with E-state index < -0.39 is 35.5 Å². The van der Waals surface area contributed by atoms with Crippen molar-refractivity contribution in [2.45, 2.75) is 18.4 Å². The molecule has 0 heterocycles. The molecule has 1 atom stereocenters. The fraction of sp³-hybridized carbons (Fsp3) is 0.167. The van der Waals surface area contributed by atoms with Crippen LogP contribution in [0.2, 0.25) is 0 Å². The molecule has 0 radical (unpaired) electrons. The van der Waals surface area contributed by atoms with Crippen LogP contribution < -0.4 is 5.32 Å². The van der Waals surface area contributed by atoms with Gasteiger partial charge in [-0.3, -0.25) is 4.79 Å². The van der Waals surface area contributed by atoms with Gasteiger partial charge >= 0.3 is 5.97 Å². The second kappa shape index (κ2) is 9.78. The van der Waals surface area contributed by atoms with Crippen LogP contribution in [0.25, 0.3) is 0 Å². The molecule has 0 aliphatic rings. The summed E-state index contributed by atoms with van der Waals surface area (Å²) in [5.41, 5.74) is 1.80. The predicted molar refractivity (Wildman–Crippen MR) is 109 cm³/mol. The van der Waals surface area contributed by atoms with E-state index in [9.17, 15) is 18.4 Å². The Morgan fingerprint density at radius 3 is 1.83 bits per heavy atom. The number of benzene rings is 3. The van der Waals surface area contributed by atoms with Crippen LogP contribution >= 0.6 is 0 Å². The van der Waals surface area contributed by atoms with Gasteiger partial charge < -0.3 is 10.1 Å². The summed E-state index contributed by atoms with van der Waals surface area (Å²) in [6.07, 6.45) is -0.279. The number of carbonyl (C=O) groups excluding carboxylic acids is 2. The summed E-state index contributed by atoms with van der Waals surface area (Å²) in [5.74, 6) is -3.21. The smallest absolute Gasteiger partial charge is 0.329 e. The van der Waals surface area contributed by atoms with Crippen molar-refractivity contribution in [3.8, 4) is 0 Å². The summed E-state index contributed by atoms with van der Waals surface area (Å²) in [5, 5.41) is 2.69. The Hall–Kier alpha value is -3.54. The van der Waals surface area contributed by atoms with E-state index in [1.807, 2.05) is 60.7 Å². The summed E-state index contributed by atoms with van der Waals surface area (Å²) >= 11 is 0. The molecule has 0 aliphatic carbocycles. The first kappa shape index (κ1) is 21.2. The molecule has 3 aromatic rings. The largest absolute Gasteiger partial charge is 0.467 e. The molecule has 30 heavy (non-hydrogen) atoms. The molecule has 0 aromatic heterocycles. The van der Waals surface area contributed by atoms with Crippen LogP contribution in [-0.2, 0) is 20.7 Å². The molecule has 0 fully saturated rings. The molecule has 0 spiro atoms. The molecule has 154 valence electrons. The molecule has 4 nitrogen and oxygen atoms in total. The zero-order valence-corrected chi connectivity index (χ0v) is 16.3. The standard InChI is InChI=1S/C24H21F2NO3/c1-30-24(29)23(27-21(28)14-16-12-19(25)15-20(26)13-16)22(17-8-4-2-5-9-17)18-10-6-3-7-11-18/h2-13,15,22-23H,14H2,1H3,(H,27,28)/t23-/m0/s1. The zero-order valence-electron chi connectivity index (χ0n) is 16.3.